The summed E-state index contributed by atoms with van der Waals surface area (Å²) in [5.74, 6) is 0.998. The molecule has 0 saturated carbocycles. The molecular formula is C13H20N2O. The summed E-state index contributed by atoms with van der Waals surface area (Å²) in [4.78, 5) is 2.24. The second-order valence-corrected chi connectivity index (χ2v) is 4.59. The predicted octanol–water partition coefficient (Wildman–Crippen LogP) is 1.80. The first kappa shape index (κ1) is 11.3. The van der Waals surface area contributed by atoms with Crippen molar-refractivity contribution in [3.05, 3.63) is 23.8 Å². The van der Waals surface area contributed by atoms with Crippen LogP contribution in [0.5, 0.6) is 5.75 Å². The summed E-state index contributed by atoms with van der Waals surface area (Å²) in [5.41, 5.74) is 8.31. The maximum atomic E-state index is 5.77. The maximum absolute atomic E-state index is 5.77. The highest BCUT2D eigenvalue weighted by molar-refractivity contribution is 5.60. The molecule has 1 atom stereocenters. The van der Waals surface area contributed by atoms with Crippen LogP contribution in [0.1, 0.15) is 18.9 Å². The van der Waals surface area contributed by atoms with E-state index >= 15 is 0 Å². The molecule has 0 aromatic heterocycles. The second-order valence-electron chi connectivity index (χ2n) is 4.59. The van der Waals surface area contributed by atoms with Gasteiger partial charge in [-0.3, -0.25) is 0 Å². The van der Waals surface area contributed by atoms with Gasteiger partial charge in [0.25, 0.3) is 0 Å². The lowest BCUT2D eigenvalue weighted by molar-refractivity contribution is 0.311. The highest BCUT2D eigenvalue weighted by Crippen LogP contribution is 2.31. The van der Waals surface area contributed by atoms with Crippen LogP contribution in [0, 0.1) is 0 Å². The zero-order valence-electron chi connectivity index (χ0n) is 10.1. The van der Waals surface area contributed by atoms with E-state index in [-0.39, 0.29) is 6.04 Å². The fourth-order valence-electron chi connectivity index (χ4n) is 1.95. The van der Waals surface area contributed by atoms with Crippen molar-refractivity contribution in [1.82, 2.24) is 0 Å². The number of likely N-dealkylation sites (N-methyl/N-ethyl adjacent to an activating group) is 1. The molecule has 1 aromatic carbocycles. The molecule has 0 bridgehead atoms. The Hall–Kier alpha value is -1.22. The van der Waals surface area contributed by atoms with Gasteiger partial charge in [0, 0.05) is 13.1 Å². The van der Waals surface area contributed by atoms with E-state index < -0.39 is 0 Å². The Bertz CT molecular complexity index is 363. The topological polar surface area (TPSA) is 38.5 Å². The standard InChI is InChI=1S/C13H20N2O/c1-10(14)3-4-11-5-6-13-12(9-11)15(2)7-8-16-13/h5-6,9-10H,3-4,7-8,14H2,1-2H3/t10-/m0/s1. The lowest BCUT2D eigenvalue weighted by Gasteiger charge is -2.28. The Balaban J connectivity index is 2.14. The summed E-state index contributed by atoms with van der Waals surface area (Å²) in [5, 5.41) is 0. The van der Waals surface area contributed by atoms with E-state index in [2.05, 4.69) is 30.1 Å². The van der Waals surface area contributed by atoms with E-state index in [1.807, 2.05) is 6.92 Å². The fraction of sp³-hybridized carbons (Fsp3) is 0.538. The molecule has 88 valence electrons. The quantitative estimate of drug-likeness (QED) is 0.844. The molecule has 1 aromatic rings. The second kappa shape index (κ2) is 4.74. The van der Waals surface area contributed by atoms with Gasteiger partial charge in [-0.25, -0.2) is 0 Å². The maximum Gasteiger partial charge on any atom is 0.142 e. The summed E-state index contributed by atoms with van der Waals surface area (Å²) >= 11 is 0. The molecule has 2 N–H and O–H groups in total. The minimum absolute atomic E-state index is 0.269. The van der Waals surface area contributed by atoms with E-state index in [1.54, 1.807) is 0 Å². The normalized spacial score (nSPS) is 16.6. The van der Waals surface area contributed by atoms with Gasteiger partial charge in [-0.1, -0.05) is 6.07 Å². The Morgan fingerprint density at radius 2 is 2.31 bits per heavy atom. The zero-order valence-corrected chi connectivity index (χ0v) is 10.1. The van der Waals surface area contributed by atoms with Crippen LogP contribution >= 0.6 is 0 Å². The monoisotopic (exact) mass is 220 g/mol. The SMILES string of the molecule is C[C@H](N)CCc1ccc2c(c1)N(C)CCO2. The lowest BCUT2D eigenvalue weighted by Crippen LogP contribution is -2.28. The van der Waals surface area contributed by atoms with E-state index in [9.17, 15) is 0 Å². The van der Waals surface area contributed by atoms with Crippen LogP contribution in [-0.4, -0.2) is 26.2 Å². The molecule has 1 aliphatic heterocycles. The Morgan fingerprint density at radius 1 is 1.50 bits per heavy atom. The smallest absolute Gasteiger partial charge is 0.142 e. The lowest BCUT2D eigenvalue weighted by atomic mass is 10.0. The van der Waals surface area contributed by atoms with Crippen LogP contribution in [0.3, 0.4) is 0 Å². The number of benzene rings is 1. The van der Waals surface area contributed by atoms with Crippen LogP contribution in [0.2, 0.25) is 0 Å². The summed E-state index contributed by atoms with van der Waals surface area (Å²) in [6.07, 6.45) is 2.07. The van der Waals surface area contributed by atoms with Crippen LogP contribution in [0.25, 0.3) is 0 Å². The number of nitrogens with zero attached hydrogens (tertiary/aromatic N) is 1. The summed E-state index contributed by atoms with van der Waals surface area (Å²) < 4.78 is 5.61. The molecule has 0 fully saturated rings. The van der Waals surface area contributed by atoms with Crippen molar-refractivity contribution >= 4 is 5.69 Å². The third-order valence-electron chi connectivity index (χ3n) is 3.01. The van der Waals surface area contributed by atoms with Gasteiger partial charge >= 0.3 is 0 Å². The molecule has 0 amide bonds. The molecule has 0 aliphatic carbocycles. The molecule has 0 unspecified atom stereocenters. The average Bonchev–Trinajstić information content (AvgIpc) is 2.27. The first-order chi connectivity index (χ1) is 7.66. The molecule has 0 radical (unpaired) electrons. The first-order valence-corrected chi connectivity index (χ1v) is 5.89. The fourth-order valence-corrected chi connectivity index (χ4v) is 1.95. The van der Waals surface area contributed by atoms with E-state index in [4.69, 9.17) is 10.5 Å². The summed E-state index contributed by atoms with van der Waals surface area (Å²) in [6.45, 7) is 3.79. The van der Waals surface area contributed by atoms with Crippen molar-refractivity contribution < 1.29 is 4.74 Å². The number of ether oxygens (including phenoxy) is 1. The van der Waals surface area contributed by atoms with Crippen LogP contribution in [-0.2, 0) is 6.42 Å². The number of rotatable bonds is 3. The highest BCUT2D eigenvalue weighted by Gasteiger charge is 2.14. The number of fused-ring (bicyclic) bond motifs is 1. The van der Waals surface area contributed by atoms with Crippen molar-refractivity contribution in [2.24, 2.45) is 5.73 Å². The van der Waals surface area contributed by atoms with Gasteiger partial charge in [0.2, 0.25) is 0 Å². The molecule has 1 aliphatic rings. The van der Waals surface area contributed by atoms with Gasteiger partial charge in [0.1, 0.15) is 12.4 Å². The Labute approximate surface area is 97.2 Å². The minimum atomic E-state index is 0.269. The molecular weight excluding hydrogens is 200 g/mol. The van der Waals surface area contributed by atoms with Crippen molar-refractivity contribution in [2.75, 3.05) is 25.1 Å². The minimum Gasteiger partial charge on any atom is -0.490 e. The molecule has 3 nitrogen and oxygen atoms in total. The number of hydrogen-bond acceptors (Lipinski definition) is 3. The molecule has 0 spiro atoms. The third-order valence-corrected chi connectivity index (χ3v) is 3.01. The van der Waals surface area contributed by atoms with Crippen LogP contribution < -0.4 is 15.4 Å². The van der Waals surface area contributed by atoms with Gasteiger partial charge in [0.15, 0.2) is 0 Å². The number of anilines is 1. The van der Waals surface area contributed by atoms with Gasteiger partial charge in [-0.2, -0.15) is 0 Å². The number of nitrogens with two attached hydrogens (primary N) is 1. The number of hydrogen-bond donors (Lipinski definition) is 1. The van der Waals surface area contributed by atoms with Crippen molar-refractivity contribution in [3.8, 4) is 5.75 Å². The van der Waals surface area contributed by atoms with Crippen LogP contribution in [0.15, 0.2) is 18.2 Å². The van der Waals surface area contributed by atoms with E-state index in [0.717, 1.165) is 31.7 Å². The van der Waals surface area contributed by atoms with Gasteiger partial charge in [-0.05, 0) is 37.5 Å². The third kappa shape index (κ3) is 2.47. The molecule has 0 saturated heterocycles. The van der Waals surface area contributed by atoms with Crippen LogP contribution in [0.4, 0.5) is 5.69 Å². The van der Waals surface area contributed by atoms with Gasteiger partial charge in [0.05, 0.1) is 12.2 Å². The van der Waals surface area contributed by atoms with E-state index in [1.165, 1.54) is 11.3 Å². The molecule has 2 rings (SSSR count). The average molecular weight is 220 g/mol. The van der Waals surface area contributed by atoms with Crippen molar-refractivity contribution in [3.63, 3.8) is 0 Å². The van der Waals surface area contributed by atoms with Gasteiger partial charge in [-0.15, -0.1) is 0 Å². The summed E-state index contributed by atoms with van der Waals surface area (Å²) in [7, 11) is 2.11. The van der Waals surface area contributed by atoms with Crippen molar-refractivity contribution in [1.29, 1.82) is 0 Å². The van der Waals surface area contributed by atoms with E-state index in [0.29, 0.717) is 0 Å². The molecule has 3 heteroatoms. The van der Waals surface area contributed by atoms with Crippen molar-refractivity contribution in [2.45, 2.75) is 25.8 Å². The number of aryl methyl sites for hydroxylation is 1. The Kier molecular flexibility index (Phi) is 3.34. The molecule has 16 heavy (non-hydrogen) atoms. The predicted molar refractivity (Wildman–Crippen MR) is 67.2 cm³/mol. The largest absolute Gasteiger partial charge is 0.490 e. The first-order valence-electron chi connectivity index (χ1n) is 5.89. The van der Waals surface area contributed by atoms with Gasteiger partial charge < -0.3 is 15.4 Å². The highest BCUT2D eigenvalue weighted by atomic mass is 16.5. The Morgan fingerprint density at radius 3 is 3.06 bits per heavy atom. The zero-order chi connectivity index (χ0) is 11.5. The summed E-state index contributed by atoms with van der Waals surface area (Å²) in [6, 6.07) is 6.70. The molecule has 1 heterocycles.